The number of benzene rings is 2. The highest BCUT2D eigenvalue weighted by atomic mass is 35.5. The van der Waals surface area contributed by atoms with Crippen molar-refractivity contribution in [1.29, 1.82) is 0 Å². The minimum atomic E-state index is -0.146. The van der Waals surface area contributed by atoms with Gasteiger partial charge in [0.25, 0.3) is 5.91 Å². The van der Waals surface area contributed by atoms with Gasteiger partial charge in [-0.25, -0.2) is 4.99 Å². The molecule has 0 radical (unpaired) electrons. The van der Waals surface area contributed by atoms with Crippen molar-refractivity contribution in [3.05, 3.63) is 70.7 Å². The van der Waals surface area contributed by atoms with E-state index in [0.29, 0.717) is 28.0 Å². The zero-order valence-corrected chi connectivity index (χ0v) is 13.2. The fourth-order valence-corrected chi connectivity index (χ4v) is 2.96. The Bertz CT molecular complexity index is 779. The molecule has 0 saturated heterocycles. The predicted molar refractivity (Wildman–Crippen MR) is 87.2 cm³/mol. The van der Waals surface area contributed by atoms with E-state index in [2.05, 4.69) is 11.6 Å². The molecule has 2 aromatic rings. The summed E-state index contributed by atoms with van der Waals surface area (Å²) in [4.78, 5) is 18.7. The molecule has 0 aliphatic carbocycles. The summed E-state index contributed by atoms with van der Waals surface area (Å²) in [7, 11) is 0. The van der Waals surface area contributed by atoms with Crippen LogP contribution in [0.4, 0.5) is 11.4 Å². The van der Waals surface area contributed by atoms with Gasteiger partial charge < -0.3 is 4.90 Å². The zero-order chi connectivity index (χ0) is 15.7. The fourth-order valence-electron chi connectivity index (χ4n) is 2.42. The molecule has 1 amide bonds. The molecule has 0 N–H and O–H groups in total. The number of anilines is 1. The SMILES string of the molecule is C=CCN1C(=O)C(=Nc2cc(Cl)cc([ClH+])c2)c2ccccc21. The molecule has 5 heteroatoms. The number of halogens is 2. The lowest BCUT2D eigenvalue weighted by molar-refractivity contribution is -0.288. The van der Waals surface area contributed by atoms with Crippen LogP contribution in [0.3, 0.4) is 0 Å². The monoisotopic (exact) mass is 331 g/mol. The van der Waals surface area contributed by atoms with Crippen LogP contribution < -0.4 is 4.90 Å². The number of nitrogens with zero attached hydrogens (tertiary/aromatic N) is 2. The Morgan fingerprint density at radius 1 is 1.27 bits per heavy atom. The molecule has 0 aromatic heterocycles. The Balaban J connectivity index is 2.12. The molecule has 110 valence electrons. The maximum atomic E-state index is 12.6. The number of carbonyl (C=O) groups excluding carboxylic acids is 1. The number of fused-ring (bicyclic) bond motifs is 1. The van der Waals surface area contributed by atoms with E-state index in [-0.39, 0.29) is 5.91 Å². The summed E-state index contributed by atoms with van der Waals surface area (Å²) >= 11 is 11.1. The highest BCUT2D eigenvalue weighted by Crippen LogP contribution is 2.31. The normalized spacial score (nSPS) is 15.3. The van der Waals surface area contributed by atoms with Crippen molar-refractivity contribution in [1.82, 2.24) is 0 Å². The van der Waals surface area contributed by atoms with E-state index in [4.69, 9.17) is 23.2 Å². The largest absolute Gasteiger partial charge is 0.303 e. The van der Waals surface area contributed by atoms with Crippen LogP contribution in [0.5, 0.6) is 0 Å². The van der Waals surface area contributed by atoms with Gasteiger partial charge in [-0.3, -0.25) is 4.79 Å². The van der Waals surface area contributed by atoms with Crippen LogP contribution in [0.2, 0.25) is 10.0 Å². The molecule has 22 heavy (non-hydrogen) atoms. The smallest absolute Gasteiger partial charge is 0.277 e. The van der Waals surface area contributed by atoms with Crippen molar-refractivity contribution >= 4 is 34.6 Å². The topological polar surface area (TPSA) is 32.7 Å². The number of hydrogen-bond donors (Lipinski definition) is 0. The Kier molecular flexibility index (Phi) is 4.01. The lowest BCUT2D eigenvalue weighted by atomic mass is 10.1. The molecule has 0 bridgehead atoms. The number of amides is 1. The molecule has 1 aliphatic heterocycles. The summed E-state index contributed by atoms with van der Waals surface area (Å²) in [5, 5.41) is 1.10. The lowest BCUT2D eigenvalue weighted by Gasteiger charge is -2.13. The molecule has 0 saturated carbocycles. The maximum absolute atomic E-state index is 12.6. The second-order valence-electron chi connectivity index (χ2n) is 4.83. The van der Waals surface area contributed by atoms with Crippen LogP contribution in [0.25, 0.3) is 0 Å². The lowest BCUT2D eigenvalue weighted by Crippen LogP contribution is -2.30. The summed E-state index contributed by atoms with van der Waals surface area (Å²) < 4.78 is 0. The molecular weight excluding hydrogens is 319 g/mol. The Morgan fingerprint density at radius 3 is 2.77 bits per heavy atom. The van der Waals surface area contributed by atoms with Crippen LogP contribution in [-0.2, 0) is 4.79 Å². The maximum Gasteiger partial charge on any atom is 0.277 e. The van der Waals surface area contributed by atoms with Gasteiger partial charge in [0, 0.05) is 29.3 Å². The third-order valence-electron chi connectivity index (χ3n) is 3.31. The first-order valence-corrected chi connectivity index (χ1v) is 7.47. The van der Waals surface area contributed by atoms with Crippen LogP contribution in [-0.4, -0.2) is 18.2 Å². The molecule has 0 fully saturated rings. The standard InChI is InChI=1S/C17H13Cl2N2O/c1-2-7-21-15-6-4-3-5-14(15)16(17(21)22)20-13-9-11(18)8-12(19)10-13/h2-6,8-10,18H,1,7H2/q+1. The predicted octanol–water partition coefficient (Wildman–Crippen LogP) is 3.69. The highest BCUT2D eigenvalue weighted by Gasteiger charge is 2.32. The molecule has 0 spiro atoms. The molecule has 0 unspecified atom stereocenters. The molecule has 1 heterocycles. The van der Waals surface area contributed by atoms with Crippen molar-refractivity contribution in [3.63, 3.8) is 0 Å². The third-order valence-corrected chi connectivity index (χ3v) is 3.76. The number of carbonyl (C=O) groups is 1. The Labute approximate surface area is 138 Å². The number of para-hydroxylation sites is 1. The van der Waals surface area contributed by atoms with Gasteiger partial charge in [0.15, 0.2) is 11.6 Å². The number of rotatable bonds is 3. The summed E-state index contributed by atoms with van der Waals surface area (Å²) in [6.45, 7) is 4.14. The minimum absolute atomic E-state index is 0.146. The van der Waals surface area contributed by atoms with Gasteiger partial charge in [-0.2, -0.15) is 0 Å². The van der Waals surface area contributed by atoms with E-state index in [1.807, 2.05) is 24.3 Å². The van der Waals surface area contributed by atoms with Crippen LogP contribution in [0.1, 0.15) is 5.56 Å². The summed E-state index contributed by atoms with van der Waals surface area (Å²) in [6, 6.07) is 12.6. The number of aliphatic imine (C=N–C) groups is 1. The van der Waals surface area contributed by atoms with E-state index < -0.39 is 0 Å². The molecular formula is C17H13Cl2N2O+. The van der Waals surface area contributed by atoms with Gasteiger partial charge in [-0.15, -0.1) is 6.58 Å². The van der Waals surface area contributed by atoms with Gasteiger partial charge in [0.05, 0.1) is 11.4 Å². The van der Waals surface area contributed by atoms with E-state index in [1.54, 1.807) is 29.2 Å². The summed E-state index contributed by atoms with van der Waals surface area (Å²) in [6.07, 6.45) is 1.69. The quantitative estimate of drug-likeness (QED) is 0.789. The minimum Gasteiger partial charge on any atom is -0.303 e. The molecule has 3 rings (SSSR count). The highest BCUT2D eigenvalue weighted by molar-refractivity contribution is 6.54. The van der Waals surface area contributed by atoms with Gasteiger partial charge >= 0.3 is 0 Å². The van der Waals surface area contributed by atoms with Crippen molar-refractivity contribution in [2.45, 2.75) is 0 Å². The average molecular weight is 332 g/mol. The Morgan fingerprint density at radius 2 is 2.05 bits per heavy atom. The average Bonchev–Trinajstić information content (AvgIpc) is 2.73. The second kappa shape index (κ2) is 5.95. The van der Waals surface area contributed by atoms with Gasteiger partial charge in [-0.05, 0) is 12.1 Å². The van der Waals surface area contributed by atoms with Crippen molar-refractivity contribution in [2.75, 3.05) is 11.4 Å². The third kappa shape index (κ3) is 2.65. The van der Waals surface area contributed by atoms with Crippen LogP contribution >= 0.6 is 11.6 Å². The van der Waals surface area contributed by atoms with E-state index >= 15 is 0 Å². The van der Waals surface area contributed by atoms with Gasteiger partial charge in [-0.1, -0.05) is 35.9 Å². The van der Waals surface area contributed by atoms with E-state index in [0.717, 1.165) is 11.3 Å². The van der Waals surface area contributed by atoms with Crippen LogP contribution in [0.15, 0.2) is 60.1 Å². The molecule has 0 atom stereocenters. The zero-order valence-electron chi connectivity index (χ0n) is 11.6. The first-order chi connectivity index (χ1) is 10.6. The number of hydrogen-bond acceptors (Lipinski definition) is 2. The van der Waals surface area contributed by atoms with Crippen molar-refractivity contribution in [2.24, 2.45) is 4.99 Å². The fraction of sp³-hybridized carbons (Fsp3) is 0.0588. The van der Waals surface area contributed by atoms with Gasteiger partial charge in [0.2, 0.25) is 5.02 Å². The van der Waals surface area contributed by atoms with E-state index in [9.17, 15) is 4.79 Å². The van der Waals surface area contributed by atoms with Gasteiger partial charge in [0.1, 0.15) is 5.71 Å². The second-order valence-corrected chi connectivity index (χ2v) is 5.73. The van der Waals surface area contributed by atoms with E-state index in [1.165, 1.54) is 0 Å². The van der Waals surface area contributed by atoms with Crippen LogP contribution in [0, 0.1) is 11.6 Å². The molecule has 1 aliphatic rings. The Hall–Kier alpha value is -2.10. The first-order valence-electron chi connectivity index (χ1n) is 6.68. The van der Waals surface area contributed by atoms with Crippen molar-refractivity contribution in [3.8, 4) is 0 Å². The molecule has 2 aromatic carbocycles. The summed E-state index contributed by atoms with van der Waals surface area (Å²) in [5.41, 5.74) is 2.62. The summed E-state index contributed by atoms with van der Waals surface area (Å²) in [5.74, 6) is -0.146. The van der Waals surface area contributed by atoms with Crippen molar-refractivity contribution < 1.29 is 16.4 Å². The molecule has 3 nitrogen and oxygen atoms in total. The first kappa shape index (κ1) is 14.8.